The molecule has 0 atom stereocenters. The first kappa shape index (κ1) is 10.2. The number of ether oxygens (including phenoxy) is 1. The topological polar surface area (TPSA) is 52.1 Å². The molecule has 0 aliphatic heterocycles. The Morgan fingerprint density at radius 1 is 1.62 bits per heavy atom. The molecule has 0 radical (unpaired) electrons. The highest BCUT2D eigenvalue weighted by molar-refractivity contribution is 8.03. The predicted molar refractivity (Wildman–Crippen MR) is 51.7 cm³/mol. The molecule has 0 spiro atoms. The minimum atomic E-state index is -0.367. The summed E-state index contributed by atoms with van der Waals surface area (Å²) in [7, 11) is 1.34. The molecule has 0 saturated carbocycles. The van der Waals surface area contributed by atoms with Crippen LogP contribution in [-0.4, -0.2) is 23.3 Å². The van der Waals surface area contributed by atoms with Crippen LogP contribution in [-0.2, 0) is 9.53 Å². The van der Waals surface area contributed by atoms with Crippen LogP contribution in [0.3, 0.4) is 0 Å². The second-order valence-corrected chi connectivity index (χ2v) is 4.37. The van der Waals surface area contributed by atoms with E-state index in [2.05, 4.69) is 14.9 Å². The van der Waals surface area contributed by atoms with Gasteiger partial charge in [-0.15, -0.1) is 10.2 Å². The van der Waals surface area contributed by atoms with Crippen LogP contribution in [0.2, 0.25) is 0 Å². The summed E-state index contributed by atoms with van der Waals surface area (Å²) < 4.78 is 5.24. The number of esters is 1. The fourth-order valence-corrected chi connectivity index (χ4v) is 2.06. The Kier molecular flexibility index (Phi) is 3.91. The highest BCUT2D eigenvalue weighted by atomic mass is 32.2. The van der Waals surface area contributed by atoms with Gasteiger partial charge in [0.15, 0.2) is 4.34 Å². The van der Waals surface area contributed by atoms with Crippen molar-refractivity contribution in [2.24, 2.45) is 0 Å². The third-order valence-corrected chi connectivity index (χ3v) is 2.81. The molecule has 6 heteroatoms. The molecule has 0 unspecified atom stereocenters. The molecule has 0 saturated heterocycles. The van der Waals surface area contributed by atoms with Crippen molar-refractivity contribution in [3.05, 3.63) is 16.5 Å². The molecule has 1 aromatic heterocycles. The molecule has 0 bridgehead atoms. The number of rotatable bonds is 3. The molecule has 70 valence electrons. The summed E-state index contributed by atoms with van der Waals surface area (Å²) in [5.74, 6) is -0.367. The fourth-order valence-electron chi connectivity index (χ4n) is 0.542. The number of hydrogen-bond donors (Lipinski definition) is 0. The standard InChI is InChI=1S/C7H8N2O2S2/c1-5-8-9-7(13-5)12-4-3-6(10)11-2/h3-4H,1-2H3. The summed E-state index contributed by atoms with van der Waals surface area (Å²) in [6.45, 7) is 1.88. The molecule has 0 aliphatic carbocycles. The Bertz CT molecular complexity index is 322. The van der Waals surface area contributed by atoms with E-state index in [1.807, 2.05) is 6.92 Å². The molecule has 13 heavy (non-hydrogen) atoms. The molecule has 0 aromatic carbocycles. The molecule has 1 heterocycles. The number of hydrogen-bond acceptors (Lipinski definition) is 6. The molecular weight excluding hydrogens is 208 g/mol. The summed E-state index contributed by atoms with van der Waals surface area (Å²) in [6.07, 6.45) is 1.35. The van der Waals surface area contributed by atoms with E-state index in [0.717, 1.165) is 9.35 Å². The van der Waals surface area contributed by atoms with E-state index >= 15 is 0 Å². The Morgan fingerprint density at radius 2 is 2.38 bits per heavy atom. The molecular formula is C7H8N2O2S2. The van der Waals surface area contributed by atoms with Crippen LogP contribution in [0.25, 0.3) is 0 Å². The van der Waals surface area contributed by atoms with Gasteiger partial charge in [-0.05, 0) is 12.3 Å². The van der Waals surface area contributed by atoms with E-state index in [0.29, 0.717) is 0 Å². The van der Waals surface area contributed by atoms with E-state index < -0.39 is 0 Å². The molecule has 0 N–H and O–H groups in total. The summed E-state index contributed by atoms with van der Waals surface area (Å²) in [5.41, 5.74) is 0. The normalized spacial score (nSPS) is 10.6. The molecule has 1 rings (SSSR count). The van der Waals surface area contributed by atoms with Gasteiger partial charge in [-0.2, -0.15) is 0 Å². The van der Waals surface area contributed by atoms with Gasteiger partial charge in [-0.3, -0.25) is 0 Å². The number of aromatic nitrogens is 2. The van der Waals surface area contributed by atoms with Crippen molar-refractivity contribution in [1.82, 2.24) is 10.2 Å². The van der Waals surface area contributed by atoms with E-state index in [9.17, 15) is 4.79 Å². The SMILES string of the molecule is COC(=O)C=CSc1nnc(C)s1. The van der Waals surface area contributed by atoms with E-state index in [-0.39, 0.29) is 5.97 Å². The maximum Gasteiger partial charge on any atom is 0.330 e. The van der Waals surface area contributed by atoms with Gasteiger partial charge in [0.1, 0.15) is 5.01 Å². The lowest BCUT2D eigenvalue weighted by Gasteiger charge is -1.87. The van der Waals surface area contributed by atoms with Crippen LogP contribution in [0.4, 0.5) is 0 Å². The van der Waals surface area contributed by atoms with Crippen LogP contribution in [0.15, 0.2) is 15.8 Å². The number of carbonyl (C=O) groups excluding carboxylic acids is 1. The second kappa shape index (κ2) is 4.98. The quantitative estimate of drug-likeness (QED) is 0.436. The minimum Gasteiger partial charge on any atom is -0.466 e. The van der Waals surface area contributed by atoms with Crippen molar-refractivity contribution in [2.75, 3.05) is 7.11 Å². The number of aryl methyl sites for hydroxylation is 1. The van der Waals surface area contributed by atoms with Gasteiger partial charge in [0.2, 0.25) is 0 Å². The summed E-state index contributed by atoms with van der Waals surface area (Å²) in [4.78, 5) is 10.7. The lowest BCUT2D eigenvalue weighted by Crippen LogP contribution is -1.92. The first-order chi connectivity index (χ1) is 6.22. The van der Waals surface area contributed by atoms with Crippen LogP contribution >= 0.6 is 23.1 Å². The summed E-state index contributed by atoms with van der Waals surface area (Å²) >= 11 is 2.83. The van der Waals surface area contributed by atoms with Crippen molar-refractivity contribution in [1.29, 1.82) is 0 Å². The van der Waals surface area contributed by atoms with Gasteiger partial charge in [-0.1, -0.05) is 23.1 Å². The van der Waals surface area contributed by atoms with Gasteiger partial charge in [0, 0.05) is 6.08 Å². The third kappa shape index (κ3) is 3.56. The van der Waals surface area contributed by atoms with Crippen LogP contribution < -0.4 is 0 Å². The zero-order valence-corrected chi connectivity index (χ0v) is 8.82. The molecule has 0 aliphatic rings. The highest BCUT2D eigenvalue weighted by Gasteiger charge is 1.98. The zero-order chi connectivity index (χ0) is 9.68. The van der Waals surface area contributed by atoms with Crippen molar-refractivity contribution in [3.8, 4) is 0 Å². The number of carbonyl (C=O) groups is 1. The zero-order valence-electron chi connectivity index (χ0n) is 7.18. The Hall–Kier alpha value is -0.880. The minimum absolute atomic E-state index is 0.367. The van der Waals surface area contributed by atoms with E-state index in [1.54, 1.807) is 5.41 Å². The lowest BCUT2D eigenvalue weighted by atomic mass is 10.7. The average molecular weight is 216 g/mol. The van der Waals surface area contributed by atoms with Crippen LogP contribution in [0.1, 0.15) is 5.01 Å². The van der Waals surface area contributed by atoms with E-state index in [1.165, 1.54) is 36.3 Å². The molecule has 1 aromatic rings. The van der Waals surface area contributed by atoms with Crippen LogP contribution in [0, 0.1) is 6.92 Å². The highest BCUT2D eigenvalue weighted by Crippen LogP contribution is 2.22. The van der Waals surface area contributed by atoms with Crippen molar-refractivity contribution >= 4 is 29.1 Å². The van der Waals surface area contributed by atoms with Gasteiger partial charge in [-0.25, -0.2) is 4.79 Å². The van der Waals surface area contributed by atoms with Crippen molar-refractivity contribution in [2.45, 2.75) is 11.3 Å². The maximum absolute atomic E-state index is 10.7. The predicted octanol–water partition coefficient (Wildman–Crippen LogP) is 1.63. The van der Waals surface area contributed by atoms with Gasteiger partial charge in [0.05, 0.1) is 7.11 Å². The van der Waals surface area contributed by atoms with Crippen molar-refractivity contribution < 1.29 is 9.53 Å². The fraction of sp³-hybridized carbons (Fsp3) is 0.286. The third-order valence-electron chi connectivity index (χ3n) is 1.08. The number of thioether (sulfide) groups is 1. The Balaban J connectivity index is 2.43. The summed E-state index contributed by atoms with van der Waals surface area (Å²) in [5, 5.41) is 10.2. The van der Waals surface area contributed by atoms with Crippen LogP contribution in [0.5, 0.6) is 0 Å². The smallest absolute Gasteiger partial charge is 0.330 e. The number of methoxy groups -OCH3 is 1. The summed E-state index contributed by atoms with van der Waals surface area (Å²) in [6, 6.07) is 0. The second-order valence-electron chi connectivity index (χ2n) is 2.03. The van der Waals surface area contributed by atoms with E-state index in [4.69, 9.17) is 0 Å². The van der Waals surface area contributed by atoms with Gasteiger partial charge >= 0.3 is 5.97 Å². The lowest BCUT2D eigenvalue weighted by molar-refractivity contribution is -0.134. The molecule has 0 amide bonds. The first-order valence-corrected chi connectivity index (χ1v) is 5.13. The Morgan fingerprint density at radius 3 is 2.92 bits per heavy atom. The average Bonchev–Trinajstić information content (AvgIpc) is 2.51. The number of nitrogens with zero attached hydrogens (tertiary/aromatic N) is 2. The first-order valence-electron chi connectivity index (χ1n) is 3.43. The Labute approximate surface area is 84.0 Å². The van der Waals surface area contributed by atoms with Crippen molar-refractivity contribution in [3.63, 3.8) is 0 Å². The van der Waals surface area contributed by atoms with Gasteiger partial charge < -0.3 is 4.74 Å². The molecule has 0 fully saturated rings. The molecule has 4 nitrogen and oxygen atoms in total. The maximum atomic E-state index is 10.7. The van der Waals surface area contributed by atoms with Gasteiger partial charge in [0.25, 0.3) is 0 Å². The monoisotopic (exact) mass is 216 g/mol. The largest absolute Gasteiger partial charge is 0.466 e.